The molecule has 2 atom stereocenters. The van der Waals surface area contributed by atoms with Gasteiger partial charge < -0.3 is 20.1 Å². The van der Waals surface area contributed by atoms with E-state index < -0.39 is 6.10 Å². The molecule has 1 aliphatic heterocycles. The van der Waals surface area contributed by atoms with Crippen LogP contribution in [0.1, 0.15) is 27.9 Å². The Balaban J connectivity index is 1.56. The molecule has 0 aromatic carbocycles. The number of morpholine rings is 1. The summed E-state index contributed by atoms with van der Waals surface area (Å²) in [5, 5.41) is 14.9. The van der Waals surface area contributed by atoms with Crippen LogP contribution >= 0.6 is 11.3 Å². The van der Waals surface area contributed by atoms with Crippen LogP contribution in [-0.4, -0.2) is 59.1 Å². The second-order valence-corrected chi connectivity index (χ2v) is 6.96. The standard InChI is InChI=1S/C18H21N3O4S/c22-15(16-5-3-9-26-16)10-13-12-25-8-7-21(13)17(23)11-20-18(24)14-4-1-2-6-19-14/h1-6,9,13,15,22H,7-8,10-12H2,(H,20,24). The van der Waals surface area contributed by atoms with Crippen molar-refractivity contribution in [3.63, 3.8) is 0 Å². The summed E-state index contributed by atoms with van der Waals surface area (Å²) < 4.78 is 5.48. The number of nitrogens with zero attached hydrogens (tertiary/aromatic N) is 2. The maximum absolute atomic E-state index is 12.6. The lowest BCUT2D eigenvalue weighted by Gasteiger charge is -2.36. The first-order valence-electron chi connectivity index (χ1n) is 8.43. The summed E-state index contributed by atoms with van der Waals surface area (Å²) in [6.07, 6.45) is 1.29. The molecular weight excluding hydrogens is 354 g/mol. The molecule has 3 rings (SSSR count). The van der Waals surface area contributed by atoms with Gasteiger partial charge >= 0.3 is 0 Å². The Morgan fingerprint density at radius 3 is 3.00 bits per heavy atom. The Hall–Kier alpha value is -2.29. The van der Waals surface area contributed by atoms with Crippen molar-refractivity contribution in [2.45, 2.75) is 18.6 Å². The molecule has 2 amide bonds. The summed E-state index contributed by atoms with van der Waals surface area (Å²) in [6, 6.07) is 8.57. The van der Waals surface area contributed by atoms with Crippen LogP contribution in [0.3, 0.4) is 0 Å². The number of aliphatic hydroxyl groups is 1. The van der Waals surface area contributed by atoms with Crippen molar-refractivity contribution in [1.82, 2.24) is 15.2 Å². The number of thiophene rings is 1. The van der Waals surface area contributed by atoms with Crippen molar-refractivity contribution in [2.24, 2.45) is 0 Å². The van der Waals surface area contributed by atoms with E-state index in [2.05, 4.69) is 10.3 Å². The fraction of sp³-hybridized carbons (Fsp3) is 0.389. The van der Waals surface area contributed by atoms with Crippen molar-refractivity contribution < 1.29 is 19.4 Å². The first-order chi connectivity index (χ1) is 12.6. The van der Waals surface area contributed by atoms with Crippen molar-refractivity contribution in [3.05, 3.63) is 52.5 Å². The monoisotopic (exact) mass is 375 g/mol. The SMILES string of the molecule is O=C(NCC(=O)N1CCOCC1CC(O)c1cccs1)c1ccccn1. The van der Waals surface area contributed by atoms with Gasteiger partial charge in [-0.25, -0.2) is 0 Å². The fourth-order valence-electron chi connectivity index (χ4n) is 2.88. The zero-order valence-corrected chi connectivity index (χ0v) is 15.0. The Labute approximate surface area is 155 Å². The molecule has 1 aliphatic rings. The number of hydrogen-bond donors (Lipinski definition) is 2. The van der Waals surface area contributed by atoms with Gasteiger partial charge in [0.2, 0.25) is 5.91 Å². The van der Waals surface area contributed by atoms with Crippen molar-refractivity contribution in [1.29, 1.82) is 0 Å². The number of pyridine rings is 1. The van der Waals surface area contributed by atoms with Crippen LogP contribution in [0.15, 0.2) is 41.9 Å². The van der Waals surface area contributed by atoms with E-state index in [9.17, 15) is 14.7 Å². The Bertz CT molecular complexity index is 723. The second kappa shape index (κ2) is 8.88. The predicted molar refractivity (Wildman–Crippen MR) is 96.8 cm³/mol. The molecule has 2 aromatic rings. The third kappa shape index (κ3) is 4.66. The molecule has 7 nitrogen and oxygen atoms in total. The topological polar surface area (TPSA) is 91.8 Å². The molecule has 0 saturated carbocycles. The highest BCUT2D eigenvalue weighted by molar-refractivity contribution is 7.10. The molecule has 0 radical (unpaired) electrons. The number of aliphatic hydroxyl groups excluding tert-OH is 1. The zero-order valence-electron chi connectivity index (χ0n) is 14.2. The maximum Gasteiger partial charge on any atom is 0.270 e. The Morgan fingerprint density at radius 1 is 1.38 bits per heavy atom. The van der Waals surface area contributed by atoms with Gasteiger partial charge in [-0.1, -0.05) is 12.1 Å². The summed E-state index contributed by atoms with van der Waals surface area (Å²) >= 11 is 1.48. The first-order valence-corrected chi connectivity index (χ1v) is 9.31. The molecule has 0 aliphatic carbocycles. The molecule has 2 aromatic heterocycles. The van der Waals surface area contributed by atoms with E-state index in [0.29, 0.717) is 26.2 Å². The quantitative estimate of drug-likeness (QED) is 0.792. The minimum absolute atomic E-state index is 0.110. The number of aromatic nitrogens is 1. The van der Waals surface area contributed by atoms with Crippen molar-refractivity contribution >= 4 is 23.2 Å². The van der Waals surface area contributed by atoms with Gasteiger partial charge in [-0.3, -0.25) is 14.6 Å². The largest absolute Gasteiger partial charge is 0.387 e. The minimum Gasteiger partial charge on any atom is -0.387 e. The number of carbonyl (C=O) groups excluding carboxylic acids is 2. The highest BCUT2D eigenvalue weighted by Gasteiger charge is 2.29. The van der Waals surface area contributed by atoms with E-state index in [1.54, 1.807) is 23.1 Å². The average molecular weight is 375 g/mol. The van der Waals surface area contributed by atoms with Gasteiger partial charge in [0.25, 0.3) is 5.91 Å². The molecule has 1 fully saturated rings. The molecule has 2 N–H and O–H groups in total. The highest BCUT2D eigenvalue weighted by atomic mass is 32.1. The average Bonchev–Trinajstić information content (AvgIpc) is 3.22. The van der Waals surface area contributed by atoms with Gasteiger partial charge in [0, 0.05) is 24.0 Å². The number of rotatable bonds is 6. The Kier molecular flexibility index (Phi) is 6.32. The third-order valence-corrected chi connectivity index (χ3v) is 5.19. The number of carbonyl (C=O) groups is 2. The lowest BCUT2D eigenvalue weighted by molar-refractivity contribution is -0.140. The number of amides is 2. The minimum atomic E-state index is -0.639. The van der Waals surface area contributed by atoms with E-state index in [4.69, 9.17) is 4.74 Å². The van der Waals surface area contributed by atoms with Gasteiger partial charge in [0.05, 0.1) is 31.9 Å². The molecule has 0 bridgehead atoms. The van der Waals surface area contributed by atoms with E-state index in [1.807, 2.05) is 17.5 Å². The molecule has 138 valence electrons. The van der Waals surface area contributed by atoms with Crippen LogP contribution in [0.4, 0.5) is 0 Å². The summed E-state index contributed by atoms with van der Waals surface area (Å²) in [6.45, 7) is 1.16. The highest BCUT2D eigenvalue weighted by Crippen LogP contribution is 2.25. The van der Waals surface area contributed by atoms with Crippen LogP contribution < -0.4 is 5.32 Å². The summed E-state index contributed by atoms with van der Waals surface area (Å²) in [7, 11) is 0. The van der Waals surface area contributed by atoms with E-state index >= 15 is 0 Å². The second-order valence-electron chi connectivity index (χ2n) is 5.98. The molecule has 3 heterocycles. The van der Waals surface area contributed by atoms with Gasteiger partial charge in [-0.15, -0.1) is 11.3 Å². The molecule has 1 saturated heterocycles. The summed E-state index contributed by atoms with van der Waals surface area (Å²) in [4.78, 5) is 31.1. The molecular formula is C18H21N3O4S. The van der Waals surface area contributed by atoms with Crippen molar-refractivity contribution in [3.8, 4) is 0 Å². The molecule has 26 heavy (non-hydrogen) atoms. The fourth-order valence-corrected chi connectivity index (χ4v) is 3.60. The van der Waals surface area contributed by atoms with Gasteiger partial charge in [-0.2, -0.15) is 0 Å². The third-order valence-electron chi connectivity index (χ3n) is 4.21. The smallest absolute Gasteiger partial charge is 0.270 e. The van der Waals surface area contributed by atoms with Crippen LogP contribution in [0.25, 0.3) is 0 Å². The predicted octanol–water partition coefficient (Wildman–Crippen LogP) is 1.22. The molecule has 8 heteroatoms. The zero-order chi connectivity index (χ0) is 18.4. The maximum atomic E-state index is 12.6. The van der Waals surface area contributed by atoms with Crippen LogP contribution in [-0.2, 0) is 9.53 Å². The first kappa shape index (κ1) is 18.5. The number of nitrogens with one attached hydrogen (secondary N) is 1. The lowest BCUT2D eigenvalue weighted by atomic mass is 10.1. The van der Waals surface area contributed by atoms with Crippen LogP contribution in [0.5, 0.6) is 0 Å². The number of ether oxygens (including phenoxy) is 1. The van der Waals surface area contributed by atoms with Gasteiger partial charge in [-0.05, 0) is 23.6 Å². The lowest BCUT2D eigenvalue weighted by Crippen LogP contribution is -2.52. The number of hydrogen-bond acceptors (Lipinski definition) is 6. The van der Waals surface area contributed by atoms with E-state index in [1.165, 1.54) is 17.5 Å². The van der Waals surface area contributed by atoms with Crippen molar-refractivity contribution in [2.75, 3.05) is 26.3 Å². The molecule has 2 unspecified atom stereocenters. The normalized spacial score (nSPS) is 18.3. The van der Waals surface area contributed by atoms with Crippen LogP contribution in [0, 0.1) is 0 Å². The van der Waals surface area contributed by atoms with Gasteiger partial charge in [0.15, 0.2) is 0 Å². The van der Waals surface area contributed by atoms with E-state index in [0.717, 1.165) is 4.88 Å². The summed E-state index contributed by atoms with van der Waals surface area (Å²) in [5.41, 5.74) is 0.270. The molecule has 0 spiro atoms. The van der Waals surface area contributed by atoms with E-state index in [-0.39, 0.29) is 30.1 Å². The van der Waals surface area contributed by atoms with Crippen LogP contribution in [0.2, 0.25) is 0 Å². The van der Waals surface area contributed by atoms with Gasteiger partial charge in [0.1, 0.15) is 5.69 Å². The summed E-state index contributed by atoms with van der Waals surface area (Å²) in [5.74, 6) is -0.580. The Morgan fingerprint density at radius 2 is 2.27 bits per heavy atom.